The van der Waals surface area contributed by atoms with Gasteiger partial charge in [0.15, 0.2) is 5.82 Å². The van der Waals surface area contributed by atoms with Crippen LogP contribution in [0.5, 0.6) is 5.75 Å². The van der Waals surface area contributed by atoms with Gasteiger partial charge in [-0.15, -0.1) is 11.3 Å². The van der Waals surface area contributed by atoms with Crippen LogP contribution in [0.3, 0.4) is 0 Å². The van der Waals surface area contributed by atoms with Crippen molar-refractivity contribution in [3.05, 3.63) is 34.8 Å². The Bertz CT molecular complexity index is 991. The zero-order valence-corrected chi connectivity index (χ0v) is 16.3. The molecule has 0 radical (unpaired) electrons. The average molecular weight is 382 g/mol. The van der Waals surface area contributed by atoms with Gasteiger partial charge in [-0.1, -0.05) is 0 Å². The Hall–Kier alpha value is -2.67. The van der Waals surface area contributed by atoms with E-state index in [0.29, 0.717) is 16.4 Å². The average Bonchev–Trinajstić information content (AvgIpc) is 3.05. The lowest BCUT2D eigenvalue weighted by molar-refractivity contribution is 0.0730. The van der Waals surface area contributed by atoms with E-state index in [-0.39, 0.29) is 5.91 Å². The van der Waals surface area contributed by atoms with Crippen molar-refractivity contribution in [1.29, 1.82) is 0 Å². The molecule has 0 aliphatic carbocycles. The molecule has 1 amide bonds. The van der Waals surface area contributed by atoms with Crippen LogP contribution in [-0.2, 0) is 0 Å². The molecule has 1 fully saturated rings. The third-order valence-electron chi connectivity index (χ3n) is 4.96. The molecule has 0 unspecified atom stereocenters. The highest BCUT2D eigenvalue weighted by Gasteiger charge is 2.25. The summed E-state index contributed by atoms with van der Waals surface area (Å²) < 4.78 is 5.20. The van der Waals surface area contributed by atoms with E-state index < -0.39 is 0 Å². The number of nitrogens with zero attached hydrogens (tertiary/aromatic N) is 3. The number of benzene rings is 1. The minimum absolute atomic E-state index is 0.0144. The second kappa shape index (κ2) is 7.15. The zero-order chi connectivity index (χ0) is 19.0. The van der Waals surface area contributed by atoms with Crippen molar-refractivity contribution in [2.24, 2.45) is 0 Å². The first kappa shape index (κ1) is 17.7. The molecule has 1 aliphatic rings. The molecular formula is C20H22N4O2S. The second-order valence-electron chi connectivity index (χ2n) is 6.74. The van der Waals surface area contributed by atoms with Gasteiger partial charge in [-0.05, 0) is 50.5 Å². The SMILES string of the molecule is COc1ccc(-c2nc(C)c3c(N)c(C(=O)N4CCCCC4)sc3n2)cc1. The first-order chi connectivity index (χ1) is 13.1. The molecule has 1 saturated heterocycles. The molecule has 0 atom stereocenters. The standard InChI is InChI=1S/C20H22N4O2S/c1-12-15-16(21)17(20(25)24-10-4-3-5-11-24)27-19(15)23-18(22-12)13-6-8-14(26-2)9-7-13/h6-9H,3-5,10-11,21H2,1-2H3. The summed E-state index contributed by atoms with van der Waals surface area (Å²) in [6.45, 7) is 3.51. The molecule has 140 valence electrons. The number of rotatable bonds is 3. The largest absolute Gasteiger partial charge is 0.497 e. The van der Waals surface area contributed by atoms with Crippen molar-refractivity contribution < 1.29 is 9.53 Å². The summed E-state index contributed by atoms with van der Waals surface area (Å²) >= 11 is 1.36. The van der Waals surface area contributed by atoms with Gasteiger partial charge in [0.25, 0.3) is 5.91 Å². The first-order valence-electron chi connectivity index (χ1n) is 9.09. The number of fused-ring (bicyclic) bond motifs is 1. The fourth-order valence-electron chi connectivity index (χ4n) is 3.46. The molecule has 4 rings (SSSR count). The Kier molecular flexibility index (Phi) is 4.70. The van der Waals surface area contributed by atoms with E-state index in [4.69, 9.17) is 10.5 Å². The van der Waals surface area contributed by atoms with Gasteiger partial charge < -0.3 is 15.4 Å². The number of aryl methyl sites for hydroxylation is 1. The lowest BCUT2D eigenvalue weighted by Crippen LogP contribution is -2.35. The zero-order valence-electron chi connectivity index (χ0n) is 15.5. The number of likely N-dealkylation sites (tertiary alicyclic amines) is 1. The Balaban J connectivity index is 1.75. The number of ether oxygens (including phenoxy) is 1. The molecule has 0 saturated carbocycles. The van der Waals surface area contributed by atoms with Gasteiger partial charge in [0.05, 0.1) is 23.9 Å². The molecule has 3 heterocycles. The molecule has 27 heavy (non-hydrogen) atoms. The number of carbonyl (C=O) groups excluding carboxylic acids is 1. The van der Waals surface area contributed by atoms with E-state index in [2.05, 4.69) is 9.97 Å². The van der Waals surface area contributed by atoms with Crippen LogP contribution in [0.4, 0.5) is 5.69 Å². The van der Waals surface area contributed by atoms with Crippen LogP contribution in [0.1, 0.15) is 34.6 Å². The Morgan fingerprint density at radius 3 is 2.52 bits per heavy atom. The van der Waals surface area contributed by atoms with Gasteiger partial charge in [-0.2, -0.15) is 0 Å². The first-order valence-corrected chi connectivity index (χ1v) is 9.90. The Labute approximate surface area is 162 Å². The number of thiophene rings is 1. The van der Waals surface area contributed by atoms with E-state index >= 15 is 0 Å². The van der Waals surface area contributed by atoms with Crippen molar-refractivity contribution in [2.75, 3.05) is 25.9 Å². The maximum Gasteiger partial charge on any atom is 0.266 e. The molecule has 1 aromatic carbocycles. The van der Waals surface area contributed by atoms with Gasteiger partial charge in [0, 0.05) is 18.7 Å². The number of nitrogens with two attached hydrogens (primary N) is 1. The highest BCUT2D eigenvalue weighted by molar-refractivity contribution is 7.21. The molecule has 6 nitrogen and oxygen atoms in total. The Morgan fingerprint density at radius 2 is 1.85 bits per heavy atom. The maximum absolute atomic E-state index is 12.9. The van der Waals surface area contributed by atoms with Gasteiger partial charge in [-0.25, -0.2) is 9.97 Å². The lowest BCUT2D eigenvalue weighted by Gasteiger charge is -2.26. The molecule has 3 aromatic rings. The topological polar surface area (TPSA) is 81.3 Å². The third kappa shape index (κ3) is 3.23. The van der Waals surface area contributed by atoms with Crippen molar-refractivity contribution >= 4 is 33.1 Å². The highest BCUT2D eigenvalue weighted by Crippen LogP contribution is 2.36. The van der Waals surface area contributed by atoms with Crippen LogP contribution in [0.2, 0.25) is 0 Å². The predicted molar refractivity (Wildman–Crippen MR) is 108 cm³/mol. The fraction of sp³-hybridized carbons (Fsp3) is 0.350. The summed E-state index contributed by atoms with van der Waals surface area (Å²) in [4.78, 5) is 25.5. The number of piperidine rings is 1. The molecule has 0 spiro atoms. The highest BCUT2D eigenvalue weighted by atomic mass is 32.1. The summed E-state index contributed by atoms with van der Waals surface area (Å²) in [5.41, 5.74) is 8.53. The van der Waals surface area contributed by atoms with Gasteiger partial charge >= 0.3 is 0 Å². The number of carbonyl (C=O) groups is 1. The Morgan fingerprint density at radius 1 is 1.15 bits per heavy atom. The smallest absolute Gasteiger partial charge is 0.266 e. The molecule has 2 aromatic heterocycles. The van der Waals surface area contributed by atoms with Gasteiger partial charge in [0.1, 0.15) is 15.5 Å². The van der Waals surface area contributed by atoms with Crippen LogP contribution in [0, 0.1) is 6.92 Å². The number of nitrogen functional groups attached to an aromatic ring is 1. The molecule has 2 N–H and O–H groups in total. The van der Waals surface area contributed by atoms with Crippen molar-refractivity contribution in [2.45, 2.75) is 26.2 Å². The number of aromatic nitrogens is 2. The quantitative estimate of drug-likeness (QED) is 0.743. The van der Waals surface area contributed by atoms with E-state index in [1.165, 1.54) is 17.8 Å². The van der Waals surface area contributed by atoms with E-state index in [9.17, 15) is 4.79 Å². The molecule has 1 aliphatic heterocycles. The summed E-state index contributed by atoms with van der Waals surface area (Å²) in [5, 5.41) is 0.789. The maximum atomic E-state index is 12.9. The van der Waals surface area contributed by atoms with Crippen LogP contribution < -0.4 is 10.5 Å². The van der Waals surface area contributed by atoms with E-state index in [1.54, 1.807) is 7.11 Å². The summed E-state index contributed by atoms with van der Waals surface area (Å²) in [5.74, 6) is 1.42. The van der Waals surface area contributed by atoms with Crippen LogP contribution in [0.15, 0.2) is 24.3 Å². The summed E-state index contributed by atoms with van der Waals surface area (Å²) in [7, 11) is 1.64. The second-order valence-corrected chi connectivity index (χ2v) is 7.74. The lowest BCUT2D eigenvalue weighted by atomic mass is 10.1. The van der Waals surface area contributed by atoms with Crippen molar-refractivity contribution in [1.82, 2.24) is 14.9 Å². The van der Waals surface area contributed by atoms with Crippen LogP contribution in [-0.4, -0.2) is 41.0 Å². The summed E-state index contributed by atoms with van der Waals surface area (Å²) in [6.07, 6.45) is 3.29. The fourth-order valence-corrected chi connectivity index (χ4v) is 4.58. The molecule has 0 bridgehead atoms. The van der Waals surface area contributed by atoms with Gasteiger partial charge in [0.2, 0.25) is 0 Å². The van der Waals surface area contributed by atoms with Crippen molar-refractivity contribution in [3.63, 3.8) is 0 Å². The molecule has 7 heteroatoms. The third-order valence-corrected chi connectivity index (χ3v) is 6.04. The van der Waals surface area contributed by atoms with Crippen LogP contribution >= 0.6 is 11.3 Å². The minimum atomic E-state index is 0.0144. The van der Waals surface area contributed by atoms with Crippen LogP contribution in [0.25, 0.3) is 21.6 Å². The monoisotopic (exact) mass is 382 g/mol. The summed E-state index contributed by atoms with van der Waals surface area (Å²) in [6, 6.07) is 7.62. The van der Waals surface area contributed by atoms with Crippen molar-refractivity contribution in [3.8, 4) is 17.1 Å². The predicted octanol–water partition coefficient (Wildman–Crippen LogP) is 3.88. The van der Waals surface area contributed by atoms with E-state index in [1.807, 2.05) is 36.1 Å². The number of hydrogen-bond acceptors (Lipinski definition) is 6. The normalized spacial score (nSPS) is 14.5. The number of hydrogen-bond donors (Lipinski definition) is 1. The number of anilines is 1. The number of methoxy groups -OCH3 is 1. The minimum Gasteiger partial charge on any atom is -0.497 e. The van der Waals surface area contributed by atoms with E-state index in [0.717, 1.165) is 53.2 Å². The number of amides is 1. The molecular weight excluding hydrogens is 360 g/mol. The van der Waals surface area contributed by atoms with Gasteiger partial charge in [-0.3, -0.25) is 4.79 Å².